The van der Waals surface area contributed by atoms with Gasteiger partial charge in [0.1, 0.15) is 5.84 Å². The highest BCUT2D eigenvalue weighted by molar-refractivity contribution is 6.07. The summed E-state index contributed by atoms with van der Waals surface area (Å²) >= 11 is 0. The molecule has 2 aromatic rings. The largest absolute Gasteiger partial charge is 0.398 e. The molecule has 1 fully saturated rings. The molecule has 178 valence electrons. The van der Waals surface area contributed by atoms with E-state index in [-0.39, 0.29) is 11.9 Å². The summed E-state index contributed by atoms with van der Waals surface area (Å²) in [6, 6.07) is 13.2. The minimum Gasteiger partial charge on any atom is -0.398 e. The minimum atomic E-state index is -0.0542. The van der Waals surface area contributed by atoms with Crippen LogP contribution in [0.5, 0.6) is 0 Å². The summed E-state index contributed by atoms with van der Waals surface area (Å²) in [5.74, 6) is 0.592. The molecule has 6 N–H and O–H groups in total. The number of hydrogen-bond donors (Lipinski definition) is 5. The van der Waals surface area contributed by atoms with E-state index in [0.717, 1.165) is 49.3 Å². The van der Waals surface area contributed by atoms with Gasteiger partial charge < -0.3 is 27.1 Å². The van der Waals surface area contributed by atoms with Crippen LogP contribution in [0, 0.1) is 5.41 Å². The third kappa shape index (κ3) is 6.89. The van der Waals surface area contributed by atoms with Gasteiger partial charge in [-0.05, 0) is 75.7 Å². The summed E-state index contributed by atoms with van der Waals surface area (Å²) in [4.78, 5) is 17.7. The van der Waals surface area contributed by atoms with Crippen LogP contribution in [0.25, 0.3) is 5.70 Å². The molecule has 2 aromatic carbocycles. The highest BCUT2D eigenvalue weighted by Gasteiger charge is 2.17. The first kappa shape index (κ1) is 24.9. The fourth-order valence-electron chi connectivity index (χ4n) is 3.80. The van der Waals surface area contributed by atoms with Gasteiger partial charge in [-0.1, -0.05) is 31.2 Å². The first-order valence-electron chi connectivity index (χ1n) is 11.7. The van der Waals surface area contributed by atoms with Gasteiger partial charge in [0, 0.05) is 40.3 Å². The van der Waals surface area contributed by atoms with Crippen LogP contribution in [0.1, 0.15) is 54.6 Å². The van der Waals surface area contributed by atoms with Gasteiger partial charge in [-0.15, -0.1) is 0 Å². The zero-order valence-electron chi connectivity index (χ0n) is 19.9. The Labute approximate surface area is 201 Å². The SMILES string of the molecule is C\C=C/C(=N/C(=C/CC)c1cccc(C(=O)NC2CCNCC2)c1)Nc1ccc(N)c(C=N)c1. The van der Waals surface area contributed by atoms with E-state index in [1.54, 1.807) is 6.07 Å². The van der Waals surface area contributed by atoms with E-state index in [9.17, 15) is 4.79 Å². The lowest BCUT2D eigenvalue weighted by atomic mass is 10.0. The Bertz CT molecular complexity index is 1100. The zero-order chi connectivity index (χ0) is 24.3. The molecule has 1 amide bonds. The molecule has 7 heteroatoms. The van der Waals surface area contributed by atoms with Crippen molar-refractivity contribution in [2.75, 3.05) is 24.1 Å². The minimum absolute atomic E-state index is 0.0542. The van der Waals surface area contributed by atoms with Crippen LogP contribution in [0.15, 0.2) is 65.7 Å². The van der Waals surface area contributed by atoms with Crippen LogP contribution in [-0.4, -0.2) is 37.1 Å². The van der Waals surface area contributed by atoms with E-state index in [1.807, 2.05) is 61.5 Å². The number of piperidine rings is 1. The van der Waals surface area contributed by atoms with Gasteiger partial charge in [0.2, 0.25) is 0 Å². The number of nitrogens with zero attached hydrogens (tertiary/aromatic N) is 1. The molecule has 0 saturated carbocycles. The number of anilines is 2. The standard InChI is InChI=1S/C27H34N6O/c1-3-6-25(33-26(7-4-2)31-23-10-11-24(29)21(17-23)18-28)19-8-5-9-20(16-19)27(34)32-22-12-14-30-15-13-22/h4-11,16-18,22,28,30H,3,12-15,29H2,1-2H3,(H,31,33)(H,32,34)/b7-4-,25-6+,28-18?. The highest BCUT2D eigenvalue weighted by atomic mass is 16.1. The molecule has 1 aliphatic heterocycles. The Hall–Kier alpha value is -3.71. The number of benzene rings is 2. The first-order chi connectivity index (χ1) is 16.5. The third-order valence-corrected chi connectivity index (χ3v) is 5.57. The number of aliphatic imine (C=N–C) groups is 1. The number of rotatable bonds is 8. The Morgan fingerprint density at radius 1 is 1.21 bits per heavy atom. The van der Waals surface area contributed by atoms with E-state index in [4.69, 9.17) is 16.1 Å². The summed E-state index contributed by atoms with van der Waals surface area (Å²) in [5, 5.41) is 17.3. The smallest absolute Gasteiger partial charge is 0.251 e. The van der Waals surface area contributed by atoms with E-state index < -0.39 is 0 Å². The van der Waals surface area contributed by atoms with Crippen LogP contribution in [0.4, 0.5) is 11.4 Å². The molecule has 0 bridgehead atoms. The fraction of sp³-hybridized carbons (Fsp3) is 0.296. The molecule has 7 nitrogen and oxygen atoms in total. The maximum Gasteiger partial charge on any atom is 0.251 e. The van der Waals surface area contributed by atoms with Crippen LogP contribution in [-0.2, 0) is 0 Å². The van der Waals surface area contributed by atoms with E-state index in [0.29, 0.717) is 22.6 Å². The molecule has 34 heavy (non-hydrogen) atoms. The summed E-state index contributed by atoms with van der Waals surface area (Å²) in [6.45, 7) is 5.85. The molecule has 0 spiro atoms. The monoisotopic (exact) mass is 458 g/mol. The molecular formula is C27H34N6O. The van der Waals surface area contributed by atoms with Crippen LogP contribution < -0.4 is 21.7 Å². The molecule has 3 rings (SSSR count). The number of allylic oxidation sites excluding steroid dienone is 2. The third-order valence-electron chi connectivity index (χ3n) is 5.57. The Morgan fingerprint density at radius 2 is 1.97 bits per heavy atom. The average molecular weight is 459 g/mol. The molecule has 0 aromatic heterocycles. The predicted molar refractivity (Wildman–Crippen MR) is 143 cm³/mol. The molecule has 0 atom stereocenters. The van der Waals surface area contributed by atoms with Gasteiger partial charge in [0.05, 0.1) is 5.70 Å². The van der Waals surface area contributed by atoms with Crippen molar-refractivity contribution in [1.82, 2.24) is 10.6 Å². The topological polar surface area (TPSA) is 115 Å². The Morgan fingerprint density at radius 3 is 2.68 bits per heavy atom. The molecular weight excluding hydrogens is 424 g/mol. The number of nitrogens with two attached hydrogens (primary N) is 1. The second-order valence-corrected chi connectivity index (χ2v) is 8.19. The summed E-state index contributed by atoms with van der Waals surface area (Å²) in [7, 11) is 0. The van der Waals surface area contributed by atoms with Crippen molar-refractivity contribution < 1.29 is 4.79 Å². The highest BCUT2D eigenvalue weighted by Crippen LogP contribution is 2.21. The van der Waals surface area contributed by atoms with Crippen molar-refractivity contribution in [1.29, 1.82) is 5.41 Å². The van der Waals surface area contributed by atoms with E-state index >= 15 is 0 Å². The summed E-state index contributed by atoms with van der Waals surface area (Å²) < 4.78 is 0. The number of carbonyl (C=O) groups excluding carboxylic acids is 1. The van der Waals surface area contributed by atoms with E-state index in [2.05, 4.69) is 22.9 Å². The van der Waals surface area contributed by atoms with Gasteiger partial charge in [-0.2, -0.15) is 0 Å². The maximum absolute atomic E-state index is 12.9. The summed E-state index contributed by atoms with van der Waals surface area (Å²) in [6.07, 6.45) is 9.76. The molecule has 0 radical (unpaired) electrons. The van der Waals surface area contributed by atoms with Crippen LogP contribution in [0.2, 0.25) is 0 Å². The lowest BCUT2D eigenvalue weighted by molar-refractivity contribution is 0.0929. The molecule has 1 aliphatic rings. The van der Waals surface area contributed by atoms with Gasteiger partial charge in [0.15, 0.2) is 0 Å². The van der Waals surface area contributed by atoms with Crippen molar-refractivity contribution in [3.8, 4) is 0 Å². The zero-order valence-corrected chi connectivity index (χ0v) is 19.9. The predicted octanol–water partition coefficient (Wildman–Crippen LogP) is 4.59. The quantitative estimate of drug-likeness (QED) is 0.226. The lowest BCUT2D eigenvalue weighted by Gasteiger charge is -2.23. The first-order valence-corrected chi connectivity index (χ1v) is 11.7. The number of amides is 1. The number of nitrogens with one attached hydrogen (secondary N) is 4. The van der Waals surface area contributed by atoms with Crippen LogP contribution in [0.3, 0.4) is 0 Å². The number of carbonyl (C=O) groups is 1. The maximum atomic E-state index is 12.9. The van der Waals surface area contributed by atoms with Crippen molar-refractivity contribution in [2.45, 2.75) is 39.2 Å². The van der Waals surface area contributed by atoms with Gasteiger partial charge in [0.25, 0.3) is 5.91 Å². The number of amidine groups is 1. The number of hydrogen-bond acceptors (Lipinski definition) is 5. The lowest BCUT2D eigenvalue weighted by Crippen LogP contribution is -2.42. The van der Waals surface area contributed by atoms with Gasteiger partial charge >= 0.3 is 0 Å². The number of nitrogen functional groups attached to an aromatic ring is 1. The second-order valence-electron chi connectivity index (χ2n) is 8.19. The fourth-order valence-corrected chi connectivity index (χ4v) is 3.80. The van der Waals surface area contributed by atoms with Crippen LogP contribution >= 0.6 is 0 Å². The van der Waals surface area contributed by atoms with Gasteiger partial charge in [-0.3, -0.25) is 4.79 Å². The molecule has 1 heterocycles. The Balaban J connectivity index is 1.86. The molecule has 0 aliphatic carbocycles. The summed E-state index contributed by atoms with van der Waals surface area (Å²) in [5.41, 5.74) is 10.2. The Kier molecular flexibility index (Phi) is 9.17. The van der Waals surface area contributed by atoms with Crippen molar-refractivity contribution >= 4 is 35.0 Å². The van der Waals surface area contributed by atoms with Crippen molar-refractivity contribution in [3.05, 3.63) is 77.4 Å². The molecule has 0 unspecified atom stereocenters. The van der Waals surface area contributed by atoms with E-state index in [1.165, 1.54) is 6.21 Å². The molecule has 1 saturated heterocycles. The van der Waals surface area contributed by atoms with Crippen molar-refractivity contribution in [3.63, 3.8) is 0 Å². The van der Waals surface area contributed by atoms with Crippen molar-refractivity contribution in [2.24, 2.45) is 4.99 Å². The average Bonchev–Trinajstić information content (AvgIpc) is 2.85. The second kappa shape index (κ2) is 12.5. The van der Waals surface area contributed by atoms with Gasteiger partial charge in [-0.25, -0.2) is 4.99 Å². The normalized spacial score (nSPS) is 15.4.